The maximum absolute atomic E-state index is 10.0. The number of hydrogen-bond donors (Lipinski definition) is 2. The zero-order valence-electron chi connectivity index (χ0n) is 26.8. The fourth-order valence-corrected chi connectivity index (χ4v) is 7.28. The number of unbranched alkanes of at least 4 members (excludes halogenated alkanes) is 18. The van der Waals surface area contributed by atoms with Crippen molar-refractivity contribution in [3.63, 3.8) is 0 Å². The van der Waals surface area contributed by atoms with Gasteiger partial charge in [-0.25, -0.2) is 0 Å². The molecule has 2 nitrogen and oxygen atoms in total. The van der Waals surface area contributed by atoms with Gasteiger partial charge in [-0.05, 0) is 35.1 Å². The molecule has 0 radical (unpaired) electrons. The van der Waals surface area contributed by atoms with Gasteiger partial charge in [0.1, 0.15) is 0 Å². The summed E-state index contributed by atoms with van der Waals surface area (Å²) in [4.78, 5) is 0. The largest absolute Gasteiger partial charge is 0.449 e. The summed E-state index contributed by atoms with van der Waals surface area (Å²) in [7, 11) is 0.191. The van der Waals surface area contributed by atoms with E-state index in [9.17, 15) is 10.0 Å². The van der Waals surface area contributed by atoms with E-state index < -0.39 is 0 Å². The van der Waals surface area contributed by atoms with E-state index in [1.54, 1.807) is 0 Å². The molecular formula is C37H60B2O2. The fourth-order valence-electron chi connectivity index (χ4n) is 7.28. The van der Waals surface area contributed by atoms with E-state index in [-0.39, 0.29) is 20.4 Å². The Hall–Kier alpha value is -1.51. The summed E-state index contributed by atoms with van der Waals surface area (Å²) < 4.78 is 0. The molecule has 2 aromatic carbocycles. The molecule has 1 aliphatic rings. The molecule has 0 saturated carbocycles. The highest BCUT2D eigenvalue weighted by Crippen LogP contribution is 2.53. The van der Waals surface area contributed by atoms with Crippen LogP contribution in [0.2, 0.25) is 0 Å². The van der Waals surface area contributed by atoms with Gasteiger partial charge < -0.3 is 10.0 Å². The molecule has 2 N–H and O–H groups in total. The molecule has 0 spiro atoms. The van der Waals surface area contributed by atoms with Crippen LogP contribution in [-0.4, -0.2) is 25.0 Å². The van der Waals surface area contributed by atoms with Gasteiger partial charge in [0.05, 0.1) is 0 Å². The molecule has 0 amide bonds. The van der Waals surface area contributed by atoms with Crippen LogP contribution in [0.1, 0.15) is 166 Å². The monoisotopic (exact) mass is 558 g/mol. The topological polar surface area (TPSA) is 40.5 Å². The van der Waals surface area contributed by atoms with Gasteiger partial charge >= 0.3 is 15.0 Å². The minimum absolute atomic E-state index is 0.00132. The van der Waals surface area contributed by atoms with Crippen LogP contribution in [0.3, 0.4) is 0 Å². The molecular weight excluding hydrogens is 498 g/mol. The minimum Gasteiger partial charge on any atom is -0.449 e. The summed E-state index contributed by atoms with van der Waals surface area (Å²) in [6, 6.07) is 13.3. The van der Waals surface area contributed by atoms with Gasteiger partial charge in [0.15, 0.2) is 0 Å². The second-order valence-corrected chi connectivity index (χ2v) is 13.0. The second-order valence-electron chi connectivity index (χ2n) is 13.0. The van der Waals surface area contributed by atoms with E-state index in [1.807, 2.05) is 0 Å². The van der Waals surface area contributed by atoms with Crippen LogP contribution in [-0.2, 0) is 5.41 Å². The fraction of sp³-hybridized carbons (Fsp3) is 0.676. The van der Waals surface area contributed by atoms with Crippen LogP contribution in [0, 0.1) is 0 Å². The summed E-state index contributed by atoms with van der Waals surface area (Å²) in [6.45, 7) is 4.58. The van der Waals surface area contributed by atoms with Crippen LogP contribution in [0.25, 0.3) is 11.1 Å². The Labute approximate surface area is 254 Å². The van der Waals surface area contributed by atoms with Crippen molar-refractivity contribution >= 4 is 25.9 Å². The van der Waals surface area contributed by atoms with Crippen molar-refractivity contribution < 1.29 is 10.0 Å². The smallest absolute Gasteiger partial charge is 0.304 e. The molecule has 0 heterocycles. The Bertz CT molecular complexity index is 909. The quantitative estimate of drug-likeness (QED) is 0.100. The molecule has 0 aliphatic heterocycles. The molecule has 0 atom stereocenters. The summed E-state index contributed by atoms with van der Waals surface area (Å²) in [5.41, 5.74) is 7.61. The minimum atomic E-state index is 0.00132. The van der Waals surface area contributed by atoms with Crippen molar-refractivity contribution in [3.05, 3.63) is 47.5 Å². The Morgan fingerprint density at radius 3 is 1.10 bits per heavy atom. The Kier molecular flexibility index (Phi) is 16.3. The third-order valence-electron chi connectivity index (χ3n) is 9.77. The molecule has 1 aliphatic carbocycles. The molecule has 0 fully saturated rings. The highest BCUT2D eigenvalue weighted by Gasteiger charge is 2.42. The van der Waals surface area contributed by atoms with Gasteiger partial charge in [0, 0.05) is 5.41 Å². The summed E-state index contributed by atoms with van der Waals surface area (Å²) >= 11 is 0. The molecule has 0 bridgehead atoms. The maximum Gasteiger partial charge on any atom is 0.304 e. The van der Waals surface area contributed by atoms with Crippen LogP contribution >= 0.6 is 0 Å². The molecule has 4 heteroatoms. The van der Waals surface area contributed by atoms with Gasteiger partial charge in [0.25, 0.3) is 0 Å². The summed E-state index contributed by atoms with van der Waals surface area (Å²) in [5.74, 6) is 0. The average molecular weight is 559 g/mol. The molecule has 3 rings (SSSR count). The van der Waals surface area contributed by atoms with Crippen molar-refractivity contribution in [1.29, 1.82) is 0 Å². The summed E-state index contributed by atoms with van der Waals surface area (Å²) in [6.07, 6.45) is 29.5. The van der Waals surface area contributed by atoms with Crippen LogP contribution in [0.4, 0.5) is 0 Å². The van der Waals surface area contributed by atoms with Crippen molar-refractivity contribution in [3.8, 4) is 11.1 Å². The Morgan fingerprint density at radius 1 is 0.463 bits per heavy atom. The number of fused-ring (bicyclic) bond motifs is 3. The van der Waals surface area contributed by atoms with Gasteiger partial charge in [-0.2, -0.15) is 0 Å². The van der Waals surface area contributed by atoms with Crippen molar-refractivity contribution in [1.82, 2.24) is 0 Å². The van der Waals surface area contributed by atoms with E-state index in [1.165, 1.54) is 164 Å². The lowest BCUT2D eigenvalue weighted by Gasteiger charge is -2.33. The maximum atomic E-state index is 10.0. The van der Waals surface area contributed by atoms with Crippen LogP contribution in [0.5, 0.6) is 0 Å². The van der Waals surface area contributed by atoms with E-state index in [0.29, 0.717) is 0 Å². The first kappa shape index (κ1) is 34.0. The predicted octanol–water partition coefficient (Wildman–Crippen LogP) is 8.51. The first-order valence-corrected chi connectivity index (χ1v) is 17.7. The first-order chi connectivity index (χ1) is 20.2. The summed E-state index contributed by atoms with van der Waals surface area (Å²) in [5, 5.41) is 20.1. The third-order valence-corrected chi connectivity index (χ3v) is 9.77. The standard InChI is InChI=1S/C37H60B2O2/c1-3-5-7-9-11-13-15-17-19-21-27-37(28-22-20-18-16-14-12-10-8-6-4-2)35-29-31(38-40)23-25-33(35)34-26-24-32(39-41)30-36(34)37/h23-26,29-30,38-41H,3-22,27-28H2,1-2H3. The SMILES string of the molecule is CCCCCCCCCCCCC1(CCCCCCCCCCCC)c2cc(BO)ccc2-c2ccc(BO)cc21. The van der Waals surface area contributed by atoms with E-state index in [0.717, 1.165) is 10.9 Å². The molecule has 0 saturated heterocycles. The molecule has 2 aromatic rings. The third kappa shape index (κ3) is 10.3. The van der Waals surface area contributed by atoms with Gasteiger partial charge in [-0.15, -0.1) is 0 Å². The average Bonchev–Trinajstić information content (AvgIpc) is 3.27. The van der Waals surface area contributed by atoms with Gasteiger partial charge in [-0.3, -0.25) is 0 Å². The number of benzene rings is 2. The zero-order valence-corrected chi connectivity index (χ0v) is 26.8. The van der Waals surface area contributed by atoms with E-state index in [4.69, 9.17) is 0 Å². The highest BCUT2D eigenvalue weighted by molar-refractivity contribution is 6.46. The number of rotatable bonds is 24. The van der Waals surface area contributed by atoms with Crippen molar-refractivity contribution in [2.75, 3.05) is 0 Å². The van der Waals surface area contributed by atoms with Crippen molar-refractivity contribution in [2.45, 2.75) is 161 Å². The lowest BCUT2D eigenvalue weighted by atomic mass is 9.68. The predicted molar refractivity (Wildman–Crippen MR) is 184 cm³/mol. The van der Waals surface area contributed by atoms with Crippen molar-refractivity contribution in [2.24, 2.45) is 0 Å². The lowest BCUT2D eigenvalue weighted by Crippen LogP contribution is -2.29. The first-order valence-electron chi connectivity index (χ1n) is 17.7. The van der Waals surface area contributed by atoms with Crippen LogP contribution in [0.15, 0.2) is 36.4 Å². The zero-order chi connectivity index (χ0) is 29.2. The van der Waals surface area contributed by atoms with Crippen LogP contribution < -0.4 is 10.9 Å². The molecule has 226 valence electrons. The number of hydrogen-bond acceptors (Lipinski definition) is 2. The Morgan fingerprint density at radius 2 is 0.780 bits per heavy atom. The Balaban J connectivity index is 1.65. The van der Waals surface area contributed by atoms with E-state index >= 15 is 0 Å². The lowest BCUT2D eigenvalue weighted by molar-refractivity contribution is 0.397. The molecule has 0 aromatic heterocycles. The molecule has 0 unspecified atom stereocenters. The normalized spacial score (nSPS) is 13.3. The molecule has 41 heavy (non-hydrogen) atoms. The van der Waals surface area contributed by atoms with Gasteiger partial charge in [0.2, 0.25) is 0 Å². The highest BCUT2D eigenvalue weighted by atomic mass is 16.2. The van der Waals surface area contributed by atoms with Gasteiger partial charge in [-0.1, -0.05) is 190 Å². The van der Waals surface area contributed by atoms with E-state index in [2.05, 4.69) is 50.2 Å². The second kappa shape index (κ2) is 19.6.